The van der Waals surface area contributed by atoms with Crippen LogP contribution in [0.25, 0.3) is 11.1 Å². The Morgan fingerprint density at radius 2 is 1.54 bits per heavy atom. The predicted octanol–water partition coefficient (Wildman–Crippen LogP) is 3.72. The van der Waals surface area contributed by atoms with Gasteiger partial charge in [0, 0.05) is 6.54 Å². The van der Waals surface area contributed by atoms with Gasteiger partial charge in [0.25, 0.3) is 0 Å². The van der Waals surface area contributed by atoms with E-state index in [1.54, 1.807) is 12.1 Å². The minimum atomic E-state index is -0.861. The van der Waals surface area contributed by atoms with Crippen LogP contribution in [-0.2, 0) is 0 Å². The van der Waals surface area contributed by atoms with Crippen molar-refractivity contribution >= 4 is 0 Å². The largest absolute Gasteiger partial charge is 0.491 e. The number of hydrogen-bond acceptors (Lipinski definition) is 3. The van der Waals surface area contributed by atoms with Crippen LogP contribution in [0.3, 0.4) is 0 Å². The first-order chi connectivity index (χ1) is 11.5. The van der Waals surface area contributed by atoms with Crippen LogP contribution in [0.15, 0.2) is 48.5 Å². The Bertz CT molecular complexity index is 646. The third-order valence-electron chi connectivity index (χ3n) is 4.34. The molecule has 1 N–H and O–H groups in total. The van der Waals surface area contributed by atoms with Gasteiger partial charge in [0.2, 0.25) is 0 Å². The predicted molar refractivity (Wildman–Crippen MR) is 93.6 cm³/mol. The minimum Gasteiger partial charge on any atom is -0.491 e. The topological polar surface area (TPSA) is 32.7 Å². The molecule has 0 radical (unpaired) electrons. The summed E-state index contributed by atoms with van der Waals surface area (Å²) in [7, 11) is 0. The lowest BCUT2D eigenvalue weighted by Gasteiger charge is -2.28. The number of benzene rings is 2. The van der Waals surface area contributed by atoms with Crippen molar-refractivity contribution in [2.45, 2.75) is 25.4 Å². The summed E-state index contributed by atoms with van der Waals surface area (Å²) >= 11 is 0. The van der Waals surface area contributed by atoms with Gasteiger partial charge in [-0.15, -0.1) is 0 Å². The second-order valence-corrected chi connectivity index (χ2v) is 6.80. The van der Waals surface area contributed by atoms with E-state index in [0.717, 1.165) is 30.0 Å². The van der Waals surface area contributed by atoms with Crippen LogP contribution in [0.4, 0.5) is 4.39 Å². The van der Waals surface area contributed by atoms with E-state index in [1.807, 2.05) is 31.2 Å². The van der Waals surface area contributed by atoms with E-state index < -0.39 is 5.60 Å². The lowest BCUT2D eigenvalue weighted by Crippen LogP contribution is -2.44. The van der Waals surface area contributed by atoms with Gasteiger partial charge in [0.1, 0.15) is 23.8 Å². The summed E-state index contributed by atoms with van der Waals surface area (Å²) in [4.78, 5) is 2.28. The van der Waals surface area contributed by atoms with E-state index in [-0.39, 0.29) is 12.4 Å². The third kappa shape index (κ3) is 4.56. The smallest absolute Gasteiger partial charge is 0.123 e. The average molecular weight is 329 g/mol. The molecule has 128 valence electrons. The van der Waals surface area contributed by atoms with Gasteiger partial charge in [-0.2, -0.15) is 0 Å². The lowest BCUT2D eigenvalue weighted by atomic mass is 10.1. The third-order valence-corrected chi connectivity index (χ3v) is 4.34. The van der Waals surface area contributed by atoms with E-state index in [4.69, 9.17) is 4.74 Å². The van der Waals surface area contributed by atoms with Crippen LogP contribution >= 0.6 is 0 Å². The van der Waals surface area contributed by atoms with Crippen LogP contribution in [0.1, 0.15) is 19.8 Å². The molecule has 0 aliphatic carbocycles. The van der Waals surface area contributed by atoms with Crippen molar-refractivity contribution in [1.82, 2.24) is 4.90 Å². The first-order valence-corrected chi connectivity index (χ1v) is 8.45. The maximum absolute atomic E-state index is 13.0. The zero-order valence-corrected chi connectivity index (χ0v) is 14.0. The summed E-state index contributed by atoms with van der Waals surface area (Å²) in [6.45, 7) is 4.84. The van der Waals surface area contributed by atoms with Crippen molar-refractivity contribution < 1.29 is 14.2 Å². The number of ether oxygens (including phenoxy) is 1. The number of likely N-dealkylation sites (tertiary alicyclic amines) is 1. The standard InChI is InChI=1S/C20H24FNO2/c1-20(23,14-22-12-2-3-13-22)15-24-19-10-6-17(7-11-19)16-4-8-18(21)9-5-16/h4-11,23H,2-3,12-15H2,1H3. The quantitative estimate of drug-likeness (QED) is 0.877. The molecule has 2 aromatic carbocycles. The fourth-order valence-electron chi connectivity index (χ4n) is 3.09. The van der Waals surface area contributed by atoms with Crippen LogP contribution in [0, 0.1) is 5.82 Å². The Morgan fingerprint density at radius 3 is 2.12 bits per heavy atom. The molecular weight excluding hydrogens is 305 g/mol. The minimum absolute atomic E-state index is 0.237. The van der Waals surface area contributed by atoms with E-state index in [2.05, 4.69) is 4.90 Å². The Labute approximate surface area is 142 Å². The molecule has 24 heavy (non-hydrogen) atoms. The van der Waals surface area contributed by atoms with Crippen molar-refractivity contribution in [2.75, 3.05) is 26.2 Å². The molecule has 1 fully saturated rings. The van der Waals surface area contributed by atoms with Gasteiger partial charge in [0.05, 0.1) is 0 Å². The van der Waals surface area contributed by atoms with Crippen molar-refractivity contribution in [3.05, 3.63) is 54.3 Å². The number of nitrogens with zero attached hydrogens (tertiary/aromatic N) is 1. The number of rotatable bonds is 6. The van der Waals surface area contributed by atoms with Gasteiger partial charge in [-0.25, -0.2) is 4.39 Å². The molecule has 1 atom stereocenters. The maximum atomic E-state index is 13.0. The molecule has 0 aromatic heterocycles. The summed E-state index contributed by atoms with van der Waals surface area (Å²) in [6, 6.07) is 14.1. The zero-order chi connectivity index (χ0) is 17.0. The van der Waals surface area contributed by atoms with Gasteiger partial charge in [-0.3, -0.25) is 0 Å². The van der Waals surface area contributed by atoms with E-state index in [0.29, 0.717) is 6.54 Å². The molecule has 0 bridgehead atoms. The second kappa shape index (κ2) is 7.32. The van der Waals surface area contributed by atoms with Gasteiger partial charge >= 0.3 is 0 Å². The van der Waals surface area contributed by atoms with Crippen molar-refractivity contribution in [2.24, 2.45) is 0 Å². The van der Waals surface area contributed by atoms with Crippen molar-refractivity contribution in [3.63, 3.8) is 0 Å². The normalized spacial score (nSPS) is 17.6. The molecular formula is C20H24FNO2. The monoisotopic (exact) mass is 329 g/mol. The molecule has 1 unspecified atom stereocenters. The highest BCUT2D eigenvalue weighted by atomic mass is 19.1. The van der Waals surface area contributed by atoms with Gasteiger partial charge in [0.15, 0.2) is 0 Å². The van der Waals surface area contributed by atoms with Crippen LogP contribution in [-0.4, -0.2) is 41.8 Å². The van der Waals surface area contributed by atoms with Crippen LogP contribution < -0.4 is 4.74 Å². The zero-order valence-electron chi connectivity index (χ0n) is 14.0. The van der Waals surface area contributed by atoms with Crippen molar-refractivity contribution in [1.29, 1.82) is 0 Å². The number of aliphatic hydroxyl groups is 1. The number of β-amino-alcohol motifs (C(OH)–C–C–N with tert-alkyl or cyclic N) is 1. The highest BCUT2D eigenvalue weighted by Gasteiger charge is 2.26. The second-order valence-electron chi connectivity index (χ2n) is 6.80. The molecule has 0 saturated carbocycles. The summed E-state index contributed by atoms with van der Waals surface area (Å²) in [5, 5.41) is 10.5. The number of hydrogen-bond donors (Lipinski definition) is 1. The molecule has 2 aromatic rings. The molecule has 0 amide bonds. The first-order valence-electron chi connectivity index (χ1n) is 8.45. The average Bonchev–Trinajstić information content (AvgIpc) is 3.06. The summed E-state index contributed by atoms with van der Waals surface area (Å²) in [5.41, 5.74) is 1.11. The first kappa shape index (κ1) is 16.9. The Hall–Kier alpha value is -1.91. The molecule has 4 heteroatoms. The Morgan fingerprint density at radius 1 is 1.00 bits per heavy atom. The maximum Gasteiger partial charge on any atom is 0.123 e. The van der Waals surface area contributed by atoms with Gasteiger partial charge < -0.3 is 14.7 Å². The van der Waals surface area contributed by atoms with E-state index >= 15 is 0 Å². The summed E-state index contributed by atoms with van der Waals surface area (Å²) in [5.74, 6) is 0.487. The highest BCUT2D eigenvalue weighted by Crippen LogP contribution is 2.23. The molecule has 1 aliphatic rings. The molecule has 3 nitrogen and oxygen atoms in total. The Balaban J connectivity index is 1.56. The van der Waals surface area contributed by atoms with Crippen molar-refractivity contribution in [3.8, 4) is 16.9 Å². The van der Waals surface area contributed by atoms with E-state index in [9.17, 15) is 9.50 Å². The number of halogens is 1. The fraction of sp³-hybridized carbons (Fsp3) is 0.400. The SMILES string of the molecule is CC(O)(COc1ccc(-c2ccc(F)cc2)cc1)CN1CCCC1. The fourth-order valence-corrected chi connectivity index (χ4v) is 3.09. The molecule has 1 aliphatic heterocycles. The van der Waals surface area contributed by atoms with E-state index in [1.165, 1.54) is 25.0 Å². The Kier molecular flexibility index (Phi) is 5.17. The highest BCUT2D eigenvalue weighted by molar-refractivity contribution is 5.63. The molecule has 0 spiro atoms. The van der Waals surface area contributed by atoms with Gasteiger partial charge in [-0.1, -0.05) is 24.3 Å². The lowest BCUT2D eigenvalue weighted by molar-refractivity contribution is -0.0127. The summed E-state index contributed by atoms with van der Waals surface area (Å²) < 4.78 is 18.7. The molecule has 1 heterocycles. The van der Waals surface area contributed by atoms with Crippen LogP contribution in [0.2, 0.25) is 0 Å². The molecule has 1 saturated heterocycles. The molecule has 3 rings (SSSR count). The van der Waals surface area contributed by atoms with Gasteiger partial charge in [-0.05, 0) is 68.2 Å². The summed E-state index contributed by atoms with van der Waals surface area (Å²) in [6.07, 6.45) is 2.42. The van der Waals surface area contributed by atoms with Crippen LogP contribution in [0.5, 0.6) is 5.75 Å².